The van der Waals surface area contributed by atoms with Gasteiger partial charge >= 0.3 is 6.18 Å². The number of nitrogens with one attached hydrogen (secondary N) is 2. The van der Waals surface area contributed by atoms with Gasteiger partial charge in [-0.15, -0.1) is 0 Å². The minimum Gasteiger partial charge on any atom is -0.396 e. The van der Waals surface area contributed by atoms with Crippen molar-refractivity contribution in [2.24, 2.45) is 0 Å². The molecule has 1 aromatic heterocycles. The van der Waals surface area contributed by atoms with Crippen LogP contribution < -0.4 is 5.32 Å². The van der Waals surface area contributed by atoms with Gasteiger partial charge in [0.2, 0.25) is 11.7 Å². The number of fused-ring (bicyclic) bond motifs is 1. The second-order valence-electron chi connectivity index (χ2n) is 6.50. The Kier molecular flexibility index (Phi) is 5.47. The van der Waals surface area contributed by atoms with Crippen LogP contribution in [-0.2, 0) is 11.0 Å². The van der Waals surface area contributed by atoms with E-state index < -0.39 is 12.0 Å². The van der Waals surface area contributed by atoms with E-state index in [9.17, 15) is 18.0 Å². The van der Waals surface area contributed by atoms with Gasteiger partial charge in [0.05, 0.1) is 17.6 Å². The van der Waals surface area contributed by atoms with Crippen LogP contribution in [0.4, 0.5) is 18.9 Å². The summed E-state index contributed by atoms with van der Waals surface area (Å²) in [6.07, 6.45) is -0.865. The number of likely N-dealkylation sites (tertiary alicyclic amines) is 1. The van der Waals surface area contributed by atoms with Gasteiger partial charge in [-0.3, -0.25) is 9.69 Å². The summed E-state index contributed by atoms with van der Waals surface area (Å²) in [5.74, 6) is -1.29. The Morgan fingerprint density at radius 2 is 2.19 bits per heavy atom. The van der Waals surface area contributed by atoms with Crippen LogP contribution in [-0.4, -0.2) is 51.6 Å². The number of carbonyl (C=O) groups excluding carboxylic acids is 1. The predicted octanol–water partition coefficient (Wildman–Crippen LogP) is 2.76. The molecule has 26 heavy (non-hydrogen) atoms. The number of rotatable bonds is 5. The van der Waals surface area contributed by atoms with Crippen molar-refractivity contribution >= 4 is 22.6 Å². The van der Waals surface area contributed by atoms with E-state index in [-0.39, 0.29) is 36.1 Å². The van der Waals surface area contributed by atoms with Crippen molar-refractivity contribution in [3.63, 3.8) is 0 Å². The average molecular weight is 370 g/mol. The van der Waals surface area contributed by atoms with E-state index in [2.05, 4.69) is 15.3 Å². The van der Waals surface area contributed by atoms with Gasteiger partial charge in [0.25, 0.3) is 0 Å². The van der Waals surface area contributed by atoms with Crippen molar-refractivity contribution in [1.29, 1.82) is 0 Å². The van der Waals surface area contributed by atoms with Gasteiger partial charge in [-0.2, -0.15) is 13.2 Å². The number of carbonyl (C=O) groups is 1. The molecule has 1 aliphatic heterocycles. The average Bonchev–Trinajstić information content (AvgIpc) is 3.00. The van der Waals surface area contributed by atoms with E-state index in [0.29, 0.717) is 12.1 Å². The Hall–Kier alpha value is -2.13. The molecule has 3 N–H and O–H groups in total. The molecule has 1 aromatic carbocycles. The Bertz CT molecular complexity index is 773. The SMILES string of the molecule is O=C(CN1CCCCC1CCO)Nc1ccc2nc(C(F)(F)F)[nH]c2c1. The van der Waals surface area contributed by atoms with Gasteiger partial charge in [-0.05, 0) is 44.0 Å². The molecule has 1 aliphatic rings. The van der Waals surface area contributed by atoms with Gasteiger partial charge in [0.1, 0.15) is 0 Å². The van der Waals surface area contributed by atoms with Gasteiger partial charge in [-0.1, -0.05) is 6.42 Å². The lowest BCUT2D eigenvalue weighted by Crippen LogP contribution is -2.44. The fraction of sp³-hybridized carbons (Fsp3) is 0.529. The van der Waals surface area contributed by atoms with E-state index in [1.807, 2.05) is 4.90 Å². The Balaban J connectivity index is 1.67. The largest absolute Gasteiger partial charge is 0.449 e. The van der Waals surface area contributed by atoms with Crippen LogP contribution in [0, 0.1) is 0 Å². The Morgan fingerprint density at radius 3 is 2.92 bits per heavy atom. The van der Waals surface area contributed by atoms with Gasteiger partial charge in [-0.25, -0.2) is 4.98 Å². The Morgan fingerprint density at radius 1 is 1.38 bits per heavy atom. The molecule has 1 atom stereocenters. The zero-order valence-corrected chi connectivity index (χ0v) is 14.1. The number of alkyl halides is 3. The number of benzene rings is 1. The highest BCUT2D eigenvalue weighted by Gasteiger charge is 2.34. The van der Waals surface area contributed by atoms with Crippen molar-refractivity contribution in [1.82, 2.24) is 14.9 Å². The maximum absolute atomic E-state index is 12.7. The van der Waals surface area contributed by atoms with Crippen LogP contribution in [0.25, 0.3) is 11.0 Å². The predicted molar refractivity (Wildman–Crippen MR) is 90.6 cm³/mol. The third-order valence-electron chi connectivity index (χ3n) is 4.59. The number of hydrogen-bond acceptors (Lipinski definition) is 4. The molecule has 142 valence electrons. The maximum atomic E-state index is 12.7. The zero-order chi connectivity index (χ0) is 18.7. The molecule has 0 saturated carbocycles. The first kappa shape index (κ1) is 18.7. The van der Waals surface area contributed by atoms with Crippen LogP contribution >= 0.6 is 0 Å². The smallest absolute Gasteiger partial charge is 0.396 e. The lowest BCUT2D eigenvalue weighted by atomic mass is 10.00. The first-order chi connectivity index (χ1) is 12.4. The van der Waals surface area contributed by atoms with Crippen LogP contribution in [0.5, 0.6) is 0 Å². The second-order valence-corrected chi connectivity index (χ2v) is 6.50. The van der Waals surface area contributed by atoms with Gasteiger partial charge in [0, 0.05) is 18.3 Å². The number of anilines is 1. The summed E-state index contributed by atoms with van der Waals surface area (Å²) in [5, 5.41) is 11.9. The molecule has 0 radical (unpaired) electrons. The molecule has 0 aliphatic carbocycles. The standard InChI is InChI=1S/C17H21F3N4O2/c18-17(19,20)16-22-13-5-4-11(9-14(13)23-16)21-15(26)10-24-7-2-1-3-12(24)6-8-25/h4-5,9,12,25H,1-3,6-8,10H2,(H,21,26)(H,22,23). The summed E-state index contributed by atoms with van der Waals surface area (Å²) in [7, 11) is 0. The highest BCUT2D eigenvalue weighted by molar-refractivity contribution is 5.94. The number of H-pyrrole nitrogens is 1. The second kappa shape index (κ2) is 7.63. The van der Waals surface area contributed by atoms with Crippen LogP contribution in [0.1, 0.15) is 31.5 Å². The molecule has 2 heterocycles. The zero-order valence-electron chi connectivity index (χ0n) is 14.1. The molecule has 3 rings (SSSR count). The minimum atomic E-state index is -4.54. The third-order valence-corrected chi connectivity index (χ3v) is 4.59. The molecular weight excluding hydrogens is 349 g/mol. The lowest BCUT2D eigenvalue weighted by molar-refractivity contribution is -0.144. The van der Waals surface area contributed by atoms with Gasteiger partial charge in [0.15, 0.2) is 0 Å². The summed E-state index contributed by atoms with van der Waals surface area (Å²) in [5.41, 5.74) is 0.816. The summed E-state index contributed by atoms with van der Waals surface area (Å²) < 4.78 is 38.1. The van der Waals surface area contributed by atoms with E-state index >= 15 is 0 Å². The fourth-order valence-corrected chi connectivity index (χ4v) is 3.35. The number of halogens is 3. The van der Waals surface area contributed by atoms with Crippen LogP contribution in [0.2, 0.25) is 0 Å². The highest BCUT2D eigenvalue weighted by atomic mass is 19.4. The number of nitrogens with zero attached hydrogens (tertiary/aromatic N) is 2. The molecule has 1 fully saturated rings. The topological polar surface area (TPSA) is 81.2 Å². The molecule has 0 bridgehead atoms. The minimum absolute atomic E-state index is 0.0841. The number of aromatic amines is 1. The van der Waals surface area contributed by atoms with E-state index in [4.69, 9.17) is 5.11 Å². The van der Waals surface area contributed by atoms with E-state index in [1.165, 1.54) is 18.2 Å². The molecule has 1 saturated heterocycles. The number of aliphatic hydroxyl groups is 1. The third kappa shape index (κ3) is 4.34. The molecule has 2 aromatic rings. The number of aromatic nitrogens is 2. The van der Waals surface area contributed by atoms with E-state index in [0.717, 1.165) is 25.8 Å². The van der Waals surface area contributed by atoms with Gasteiger partial charge < -0.3 is 15.4 Å². The van der Waals surface area contributed by atoms with Crippen molar-refractivity contribution in [2.75, 3.05) is 25.0 Å². The molecule has 9 heteroatoms. The number of piperidine rings is 1. The monoisotopic (exact) mass is 370 g/mol. The number of amides is 1. The molecular formula is C17H21F3N4O2. The quantitative estimate of drug-likeness (QED) is 0.756. The number of hydrogen-bond donors (Lipinski definition) is 3. The molecule has 1 unspecified atom stereocenters. The van der Waals surface area contributed by atoms with Crippen molar-refractivity contribution in [3.8, 4) is 0 Å². The summed E-state index contributed by atoms with van der Waals surface area (Å²) in [6, 6.07) is 4.59. The number of imidazole rings is 1. The molecule has 6 nitrogen and oxygen atoms in total. The van der Waals surface area contributed by atoms with Crippen molar-refractivity contribution < 1.29 is 23.1 Å². The molecule has 0 spiro atoms. The first-order valence-corrected chi connectivity index (χ1v) is 8.58. The van der Waals surface area contributed by atoms with Crippen LogP contribution in [0.15, 0.2) is 18.2 Å². The first-order valence-electron chi connectivity index (χ1n) is 8.58. The molecule has 1 amide bonds. The summed E-state index contributed by atoms with van der Waals surface area (Å²) in [6.45, 7) is 1.08. The van der Waals surface area contributed by atoms with Crippen molar-refractivity contribution in [2.45, 2.75) is 37.9 Å². The maximum Gasteiger partial charge on any atom is 0.449 e. The van der Waals surface area contributed by atoms with E-state index in [1.54, 1.807) is 0 Å². The van der Waals surface area contributed by atoms with Crippen LogP contribution in [0.3, 0.4) is 0 Å². The normalized spacial score (nSPS) is 19.0. The Labute approximate surface area is 148 Å². The summed E-state index contributed by atoms with van der Waals surface area (Å²) >= 11 is 0. The highest BCUT2D eigenvalue weighted by Crippen LogP contribution is 2.29. The number of aliphatic hydroxyl groups excluding tert-OH is 1. The lowest BCUT2D eigenvalue weighted by Gasteiger charge is -2.34. The fourth-order valence-electron chi connectivity index (χ4n) is 3.35. The summed E-state index contributed by atoms with van der Waals surface area (Å²) in [4.78, 5) is 20.1. The van der Waals surface area contributed by atoms with Crippen molar-refractivity contribution in [3.05, 3.63) is 24.0 Å².